The number of aromatic nitrogens is 2. The number of aliphatic hydroxyl groups excluding tert-OH is 1. The molecule has 0 aromatic carbocycles. The molecule has 1 unspecified atom stereocenters. The van der Waals surface area contributed by atoms with Gasteiger partial charge in [0.1, 0.15) is 11.8 Å². The Labute approximate surface area is 123 Å². The molecule has 7 heteroatoms. The number of nitrogens with zero attached hydrogens (tertiary/aromatic N) is 4. The highest BCUT2D eigenvalue weighted by Crippen LogP contribution is 2.17. The van der Waals surface area contributed by atoms with Crippen molar-refractivity contribution in [1.82, 2.24) is 14.7 Å². The quantitative estimate of drug-likeness (QED) is 0.774. The summed E-state index contributed by atoms with van der Waals surface area (Å²) in [7, 11) is 0. The van der Waals surface area contributed by atoms with E-state index in [2.05, 4.69) is 5.10 Å². The number of nitriles is 1. The van der Waals surface area contributed by atoms with Gasteiger partial charge in [0.05, 0.1) is 12.2 Å². The van der Waals surface area contributed by atoms with Crippen molar-refractivity contribution in [3.05, 3.63) is 18.0 Å². The van der Waals surface area contributed by atoms with Gasteiger partial charge < -0.3 is 15.7 Å². The fourth-order valence-corrected chi connectivity index (χ4v) is 2.56. The summed E-state index contributed by atoms with van der Waals surface area (Å²) < 4.78 is 1.56. The third kappa shape index (κ3) is 3.80. The molecule has 114 valence electrons. The van der Waals surface area contributed by atoms with E-state index >= 15 is 0 Å². The van der Waals surface area contributed by atoms with Gasteiger partial charge in [0.15, 0.2) is 0 Å². The molecule has 1 atom stereocenters. The van der Waals surface area contributed by atoms with Gasteiger partial charge in [0, 0.05) is 26.2 Å². The second kappa shape index (κ2) is 7.20. The Morgan fingerprint density at radius 1 is 1.57 bits per heavy atom. The molecule has 2 rings (SSSR count). The predicted octanol–water partition coefficient (Wildman–Crippen LogP) is -0.297. The van der Waals surface area contributed by atoms with Gasteiger partial charge in [-0.3, -0.25) is 9.48 Å². The summed E-state index contributed by atoms with van der Waals surface area (Å²) in [5.41, 5.74) is 6.43. The van der Waals surface area contributed by atoms with Crippen LogP contribution in [0.4, 0.5) is 0 Å². The minimum atomic E-state index is -0.577. The van der Waals surface area contributed by atoms with Crippen LogP contribution in [-0.2, 0) is 11.3 Å². The number of aryl methyl sites for hydroxylation is 1. The molecular formula is C14H21N5O2. The minimum absolute atomic E-state index is 0.0583. The zero-order valence-electron chi connectivity index (χ0n) is 12.0. The van der Waals surface area contributed by atoms with Gasteiger partial charge in [-0.15, -0.1) is 0 Å². The lowest BCUT2D eigenvalue weighted by Gasteiger charge is -2.32. The summed E-state index contributed by atoms with van der Waals surface area (Å²) in [4.78, 5) is 14.0. The van der Waals surface area contributed by atoms with E-state index < -0.39 is 6.04 Å². The Balaban J connectivity index is 1.82. The first-order valence-electron chi connectivity index (χ1n) is 7.23. The SMILES string of the molecule is N#Cc1ccnn1CCC(N)C(=O)N1CCC(CO)CC1. The first-order chi connectivity index (χ1) is 10.2. The molecule has 1 aromatic heterocycles. The molecule has 7 nitrogen and oxygen atoms in total. The van der Waals surface area contributed by atoms with E-state index in [4.69, 9.17) is 16.1 Å². The monoisotopic (exact) mass is 291 g/mol. The number of hydrogen-bond donors (Lipinski definition) is 2. The molecule has 1 fully saturated rings. The summed E-state index contributed by atoms with van der Waals surface area (Å²) in [5.74, 6) is 0.240. The van der Waals surface area contributed by atoms with Crippen LogP contribution >= 0.6 is 0 Å². The van der Waals surface area contributed by atoms with Gasteiger partial charge in [-0.25, -0.2) is 0 Å². The van der Waals surface area contributed by atoms with E-state index in [0.29, 0.717) is 37.7 Å². The van der Waals surface area contributed by atoms with E-state index in [1.54, 1.807) is 21.8 Å². The average molecular weight is 291 g/mol. The third-order valence-corrected chi connectivity index (χ3v) is 3.98. The molecule has 0 bridgehead atoms. The van der Waals surface area contributed by atoms with Gasteiger partial charge in [-0.2, -0.15) is 10.4 Å². The first kappa shape index (κ1) is 15.5. The summed E-state index contributed by atoms with van der Waals surface area (Å²) in [6.07, 6.45) is 3.67. The van der Waals surface area contributed by atoms with E-state index in [-0.39, 0.29) is 12.5 Å². The van der Waals surface area contributed by atoms with Crippen LogP contribution in [0, 0.1) is 17.2 Å². The van der Waals surface area contributed by atoms with Gasteiger partial charge in [0.25, 0.3) is 0 Å². The van der Waals surface area contributed by atoms with Crippen molar-refractivity contribution >= 4 is 5.91 Å². The minimum Gasteiger partial charge on any atom is -0.396 e. The highest BCUT2D eigenvalue weighted by molar-refractivity contribution is 5.81. The Morgan fingerprint density at radius 2 is 2.29 bits per heavy atom. The maximum Gasteiger partial charge on any atom is 0.239 e. The van der Waals surface area contributed by atoms with Crippen molar-refractivity contribution in [2.24, 2.45) is 11.7 Å². The van der Waals surface area contributed by atoms with Gasteiger partial charge in [-0.05, 0) is 31.2 Å². The lowest BCUT2D eigenvalue weighted by Crippen LogP contribution is -2.47. The van der Waals surface area contributed by atoms with Crippen LogP contribution < -0.4 is 5.73 Å². The molecular weight excluding hydrogens is 270 g/mol. The van der Waals surface area contributed by atoms with Crippen molar-refractivity contribution in [2.45, 2.75) is 31.8 Å². The van der Waals surface area contributed by atoms with Crippen LogP contribution in [-0.4, -0.2) is 51.4 Å². The number of likely N-dealkylation sites (tertiary alicyclic amines) is 1. The number of amides is 1. The van der Waals surface area contributed by atoms with E-state index in [1.807, 2.05) is 6.07 Å². The first-order valence-corrected chi connectivity index (χ1v) is 7.23. The summed E-state index contributed by atoms with van der Waals surface area (Å²) in [6, 6.07) is 3.10. The Hall–Kier alpha value is -1.91. The number of hydrogen-bond acceptors (Lipinski definition) is 5. The van der Waals surface area contributed by atoms with Gasteiger partial charge in [-0.1, -0.05) is 0 Å². The normalized spacial score (nSPS) is 17.5. The standard InChI is InChI=1S/C14H21N5O2/c15-9-12-1-5-17-19(12)8-4-13(16)14(21)18-6-2-11(10-20)3-7-18/h1,5,11,13,20H,2-4,6-8,10,16H2. The topological polar surface area (TPSA) is 108 Å². The highest BCUT2D eigenvalue weighted by Gasteiger charge is 2.25. The van der Waals surface area contributed by atoms with Gasteiger partial charge >= 0.3 is 0 Å². The largest absolute Gasteiger partial charge is 0.396 e. The molecule has 0 spiro atoms. The van der Waals surface area contributed by atoms with Crippen LogP contribution in [0.3, 0.4) is 0 Å². The van der Waals surface area contributed by atoms with Crippen molar-refractivity contribution in [3.8, 4) is 6.07 Å². The van der Waals surface area contributed by atoms with Crippen LogP contribution in [0.2, 0.25) is 0 Å². The number of carbonyl (C=O) groups excluding carboxylic acids is 1. The summed E-state index contributed by atoms with van der Waals surface area (Å²) >= 11 is 0. The van der Waals surface area contributed by atoms with E-state index in [0.717, 1.165) is 12.8 Å². The number of carbonyl (C=O) groups is 1. The van der Waals surface area contributed by atoms with Crippen molar-refractivity contribution in [3.63, 3.8) is 0 Å². The number of rotatable bonds is 5. The fraction of sp³-hybridized carbons (Fsp3) is 0.643. The number of nitrogens with two attached hydrogens (primary N) is 1. The Bertz CT molecular complexity index is 514. The van der Waals surface area contributed by atoms with Crippen LogP contribution in [0.25, 0.3) is 0 Å². The molecule has 1 aliphatic rings. The van der Waals surface area contributed by atoms with E-state index in [9.17, 15) is 4.79 Å². The number of piperidine rings is 1. The number of aliphatic hydroxyl groups is 1. The fourth-order valence-electron chi connectivity index (χ4n) is 2.56. The van der Waals surface area contributed by atoms with Crippen LogP contribution in [0.5, 0.6) is 0 Å². The van der Waals surface area contributed by atoms with Crippen LogP contribution in [0.15, 0.2) is 12.3 Å². The molecule has 3 N–H and O–H groups in total. The van der Waals surface area contributed by atoms with Gasteiger partial charge in [0.2, 0.25) is 5.91 Å². The van der Waals surface area contributed by atoms with Crippen LogP contribution in [0.1, 0.15) is 25.0 Å². The summed E-state index contributed by atoms with van der Waals surface area (Å²) in [6.45, 7) is 1.95. The summed E-state index contributed by atoms with van der Waals surface area (Å²) in [5, 5.41) is 22.0. The van der Waals surface area contributed by atoms with Crippen molar-refractivity contribution in [2.75, 3.05) is 19.7 Å². The smallest absolute Gasteiger partial charge is 0.239 e. The Kier molecular flexibility index (Phi) is 5.31. The maximum atomic E-state index is 12.3. The molecule has 0 radical (unpaired) electrons. The molecule has 0 aliphatic carbocycles. The van der Waals surface area contributed by atoms with Crippen molar-refractivity contribution in [1.29, 1.82) is 5.26 Å². The maximum absolute atomic E-state index is 12.3. The predicted molar refractivity (Wildman–Crippen MR) is 75.9 cm³/mol. The Morgan fingerprint density at radius 3 is 2.90 bits per heavy atom. The molecule has 0 saturated carbocycles. The molecule has 1 aromatic rings. The molecule has 1 amide bonds. The zero-order valence-corrected chi connectivity index (χ0v) is 12.0. The van der Waals surface area contributed by atoms with E-state index in [1.165, 1.54) is 0 Å². The molecule has 2 heterocycles. The average Bonchev–Trinajstić information content (AvgIpc) is 2.99. The molecule has 1 aliphatic heterocycles. The second-order valence-corrected chi connectivity index (χ2v) is 5.40. The molecule has 1 saturated heterocycles. The van der Waals surface area contributed by atoms with Crippen molar-refractivity contribution < 1.29 is 9.90 Å². The highest BCUT2D eigenvalue weighted by atomic mass is 16.3. The third-order valence-electron chi connectivity index (χ3n) is 3.98. The second-order valence-electron chi connectivity index (χ2n) is 5.40. The molecule has 21 heavy (non-hydrogen) atoms. The lowest BCUT2D eigenvalue weighted by atomic mass is 9.97. The lowest BCUT2D eigenvalue weighted by molar-refractivity contribution is -0.134. The zero-order chi connectivity index (χ0) is 15.2.